The van der Waals surface area contributed by atoms with Gasteiger partial charge in [0.25, 0.3) is 5.91 Å². The molecule has 6 heteroatoms. The van der Waals surface area contributed by atoms with Gasteiger partial charge in [-0.3, -0.25) is 9.69 Å². The Kier molecular flexibility index (Phi) is 5.84. The van der Waals surface area contributed by atoms with Gasteiger partial charge in [-0.25, -0.2) is 4.98 Å². The summed E-state index contributed by atoms with van der Waals surface area (Å²) in [4.78, 5) is 20.9. The molecule has 0 aliphatic heterocycles. The molecule has 1 heterocycles. The monoisotopic (exact) mass is 379 g/mol. The molecular formula is C21H23N4OS+. The molecule has 1 aromatic heterocycles. The molecule has 0 aliphatic carbocycles. The molecule has 27 heavy (non-hydrogen) atoms. The van der Waals surface area contributed by atoms with Crippen LogP contribution in [0.1, 0.15) is 28.4 Å². The molecule has 1 N–H and O–H groups in total. The van der Waals surface area contributed by atoms with Crippen LogP contribution in [-0.2, 0) is 6.42 Å². The molecule has 0 aliphatic rings. The number of nitrogens with one attached hydrogen (secondary N) is 1. The highest BCUT2D eigenvalue weighted by Gasteiger charge is 2.22. The largest absolute Gasteiger partial charge is 0.338 e. The van der Waals surface area contributed by atoms with Gasteiger partial charge in [-0.05, 0) is 48.4 Å². The highest BCUT2D eigenvalue weighted by molar-refractivity contribution is 7.22. The minimum Gasteiger partial charge on any atom is -0.338 e. The van der Waals surface area contributed by atoms with Crippen molar-refractivity contribution < 1.29 is 9.69 Å². The van der Waals surface area contributed by atoms with Crippen molar-refractivity contribution in [1.82, 2.24) is 4.98 Å². The van der Waals surface area contributed by atoms with Gasteiger partial charge < -0.3 is 4.90 Å². The Morgan fingerprint density at radius 3 is 2.59 bits per heavy atom. The number of anilines is 1. The normalized spacial score (nSPS) is 10.9. The Labute approximate surface area is 163 Å². The topological polar surface area (TPSA) is 61.4 Å². The number of rotatable bonds is 6. The second kappa shape index (κ2) is 8.30. The molecule has 2 aromatic carbocycles. The zero-order valence-corrected chi connectivity index (χ0v) is 16.6. The first kappa shape index (κ1) is 19.0. The van der Waals surface area contributed by atoms with E-state index in [0.29, 0.717) is 22.8 Å². The van der Waals surface area contributed by atoms with Gasteiger partial charge >= 0.3 is 0 Å². The lowest BCUT2D eigenvalue weighted by molar-refractivity contribution is -0.856. The number of nitriles is 1. The summed E-state index contributed by atoms with van der Waals surface area (Å²) < 4.78 is 1.10. The number of quaternary nitrogens is 1. The number of likely N-dealkylation sites (N-methyl/N-ethyl adjacent to an activating group) is 1. The van der Waals surface area contributed by atoms with Gasteiger partial charge in [0.05, 0.1) is 49.0 Å². The van der Waals surface area contributed by atoms with Crippen molar-refractivity contribution >= 4 is 32.6 Å². The summed E-state index contributed by atoms with van der Waals surface area (Å²) in [6, 6.07) is 15.1. The summed E-state index contributed by atoms with van der Waals surface area (Å²) in [5.74, 6) is -0.0875. The van der Waals surface area contributed by atoms with E-state index in [9.17, 15) is 4.79 Å². The van der Waals surface area contributed by atoms with E-state index < -0.39 is 0 Å². The third kappa shape index (κ3) is 4.33. The fraction of sp³-hybridized carbons (Fsp3) is 0.286. The maximum atomic E-state index is 13.2. The molecule has 1 amide bonds. The third-order valence-electron chi connectivity index (χ3n) is 4.42. The molecule has 3 rings (SSSR count). The lowest BCUT2D eigenvalue weighted by Crippen LogP contribution is -3.06. The zero-order valence-electron chi connectivity index (χ0n) is 15.8. The van der Waals surface area contributed by atoms with Gasteiger partial charge in [-0.15, -0.1) is 0 Å². The molecule has 0 unspecified atom stereocenters. The molecular weight excluding hydrogens is 356 g/mol. The van der Waals surface area contributed by atoms with Crippen LogP contribution in [0.2, 0.25) is 0 Å². The minimum absolute atomic E-state index is 0.0875. The SMILES string of the molecule is CCc1ccc2nc(N(CC[NH+](C)C)C(=O)c3ccc(C#N)cc3)sc2c1. The van der Waals surface area contributed by atoms with E-state index in [4.69, 9.17) is 10.2 Å². The van der Waals surface area contributed by atoms with Crippen LogP contribution in [0.25, 0.3) is 10.2 Å². The Balaban J connectivity index is 1.97. The Bertz CT molecular complexity index is 986. The van der Waals surface area contributed by atoms with Crippen molar-refractivity contribution in [3.05, 3.63) is 59.2 Å². The number of hydrogen-bond acceptors (Lipinski definition) is 4. The van der Waals surface area contributed by atoms with Crippen LogP contribution in [0, 0.1) is 11.3 Å². The van der Waals surface area contributed by atoms with Crippen LogP contribution in [-0.4, -0.2) is 38.1 Å². The summed E-state index contributed by atoms with van der Waals surface area (Å²) in [6.07, 6.45) is 0.973. The second-order valence-corrected chi connectivity index (χ2v) is 7.76. The maximum absolute atomic E-state index is 13.2. The number of fused-ring (bicyclic) bond motifs is 1. The average Bonchev–Trinajstić information content (AvgIpc) is 3.10. The molecule has 0 bridgehead atoms. The maximum Gasteiger partial charge on any atom is 0.260 e. The Morgan fingerprint density at radius 1 is 1.22 bits per heavy atom. The van der Waals surface area contributed by atoms with Crippen molar-refractivity contribution in [3.63, 3.8) is 0 Å². The number of aryl methyl sites for hydroxylation is 1. The van der Waals surface area contributed by atoms with E-state index in [2.05, 4.69) is 39.2 Å². The first-order valence-corrected chi connectivity index (χ1v) is 9.84. The van der Waals surface area contributed by atoms with Crippen LogP contribution < -0.4 is 9.80 Å². The number of amides is 1. The quantitative estimate of drug-likeness (QED) is 0.716. The van der Waals surface area contributed by atoms with Crippen LogP contribution in [0.5, 0.6) is 0 Å². The number of aromatic nitrogens is 1. The number of benzene rings is 2. The zero-order chi connectivity index (χ0) is 19.4. The van der Waals surface area contributed by atoms with Crippen molar-refractivity contribution in [2.24, 2.45) is 0 Å². The smallest absolute Gasteiger partial charge is 0.260 e. The van der Waals surface area contributed by atoms with Crippen molar-refractivity contribution in [2.45, 2.75) is 13.3 Å². The first-order chi connectivity index (χ1) is 13.0. The molecule has 0 saturated heterocycles. The summed E-state index contributed by atoms with van der Waals surface area (Å²) in [7, 11) is 4.13. The number of nitrogens with zero attached hydrogens (tertiary/aromatic N) is 3. The van der Waals surface area contributed by atoms with Gasteiger partial charge in [0.15, 0.2) is 5.13 Å². The Morgan fingerprint density at radius 2 is 1.96 bits per heavy atom. The van der Waals surface area contributed by atoms with Gasteiger partial charge in [0.1, 0.15) is 0 Å². The fourth-order valence-electron chi connectivity index (χ4n) is 2.75. The predicted molar refractivity (Wildman–Crippen MR) is 110 cm³/mol. The van der Waals surface area contributed by atoms with Crippen molar-refractivity contribution in [3.8, 4) is 6.07 Å². The minimum atomic E-state index is -0.0875. The average molecular weight is 380 g/mol. The van der Waals surface area contributed by atoms with E-state index in [1.54, 1.807) is 40.5 Å². The molecule has 0 radical (unpaired) electrons. The third-order valence-corrected chi connectivity index (χ3v) is 5.46. The van der Waals surface area contributed by atoms with Gasteiger partial charge in [0.2, 0.25) is 0 Å². The standard InChI is InChI=1S/C21H22N4OS/c1-4-15-7-10-18-19(13-15)27-21(23-18)25(12-11-24(2)3)20(26)17-8-5-16(14-22)6-9-17/h5-10,13H,4,11-12H2,1-3H3/p+1. The molecule has 0 fully saturated rings. The van der Waals surface area contributed by atoms with E-state index >= 15 is 0 Å². The molecule has 138 valence electrons. The Hall–Kier alpha value is -2.75. The van der Waals surface area contributed by atoms with E-state index in [-0.39, 0.29) is 5.91 Å². The number of hydrogen-bond donors (Lipinski definition) is 1. The number of carbonyl (C=O) groups is 1. The van der Waals surface area contributed by atoms with Crippen LogP contribution in [0.4, 0.5) is 5.13 Å². The van der Waals surface area contributed by atoms with Gasteiger partial charge in [0, 0.05) is 5.56 Å². The van der Waals surface area contributed by atoms with Gasteiger partial charge in [-0.2, -0.15) is 5.26 Å². The summed E-state index contributed by atoms with van der Waals surface area (Å²) >= 11 is 1.55. The highest BCUT2D eigenvalue weighted by Crippen LogP contribution is 2.30. The van der Waals surface area contributed by atoms with Crippen LogP contribution >= 0.6 is 11.3 Å². The summed E-state index contributed by atoms with van der Waals surface area (Å²) in [5, 5.41) is 9.68. The van der Waals surface area contributed by atoms with Crippen LogP contribution in [0.15, 0.2) is 42.5 Å². The number of carbonyl (C=O) groups excluding carboxylic acids is 1. The van der Waals surface area contributed by atoms with Crippen molar-refractivity contribution in [1.29, 1.82) is 5.26 Å². The molecule has 0 saturated carbocycles. The fourth-order valence-corrected chi connectivity index (χ4v) is 3.81. The lowest BCUT2D eigenvalue weighted by atomic mass is 10.1. The van der Waals surface area contributed by atoms with E-state index in [0.717, 1.165) is 23.2 Å². The van der Waals surface area contributed by atoms with Crippen LogP contribution in [0.3, 0.4) is 0 Å². The number of thiazole rings is 1. The highest BCUT2D eigenvalue weighted by atomic mass is 32.1. The van der Waals surface area contributed by atoms with Gasteiger partial charge in [-0.1, -0.05) is 24.3 Å². The first-order valence-electron chi connectivity index (χ1n) is 9.02. The molecule has 0 atom stereocenters. The predicted octanol–water partition coefficient (Wildman–Crippen LogP) is 2.52. The second-order valence-electron chi connectivity index (χ2n) is 6.76. The summed E-state index contributed by atoms with van der Waals surface area (Å²) in [5.41, 5.74) is 3.29. The molecule has 5 nitrogen and oxygen atoms in total. The van der Waals surface area contributed by atoms with E-state index in [1.165, 1.54) is 10.5 Å². The molecule has 0 spiro atoms. The van der Waals surface area contributed by atoms with E-state index in [1.807, 2.05) is 6.07 Å². The lowest BCUT2D eigenvalue weighted by Gasteiger charge is -2.20. The molecule has 3 aromatic rings. The van der Waals surface area contributed by atoms with Crippen molar-refractivity contribution in [2.75, 3.05) is 32.1 Å². The summed E-state index contributed by atoms with van der Waals surface area (Å²) in [6.45, 7) is 3.53.